The Morgan fingerprint density at radius 2 is 1.87 bits per heavy atom. The zero-order chi connectivity index (χ0) is 27.2. The Morgan fingerprint density at radius 1 is 1.05 bits per heavy atom. The van der Waals surface area contributed by atoms with Crippen LogP contribution in [0.25, 0.3) is 10.8 Å². The molecular weight excluding hydrogens is 484 g/mol. The van der Waals surface area contributed by atoms with Crippen molar-refractivity contribution in [2.45, 2.75) is 13.3 Å². The lowest BCUT2D eigenvalue weighted by Crippen LogP contribution is -2.08. The fraction of sp³-hybridized carbons (Fsp3) is 0.172. The van der Waals surface area contributed by atoms with Crippen LogP contribution in [0.1, 0.15) is 49.9 Å². The van der Waals surface area contributed by atoms with Gasteiger partial charge < -0.3 is 25.7 Å². The zero-order valence-electron chi connectivity index (χ0n) is 21.2. The molecule has 0 saturated carbocycles. The lowest BCUT2D eigenvalue weighted by molar-refractivity contribution is 0.0524. The van der Waals surface area contributed by atoms with Crippen LogP contribution in [0, 0.1) is 11.8 Å². The number of methoxy groups -OCH3 is 2. The molecule has 1 heterocycles. The molecule has 1 aromatic heterocycles. The van der Waals surface area contributed by atoms with Gasteiger partial charge in [-0.1, -0.05) is 24.0 Å². The third-order valence-electron chi connectivity index (χ3n) is 5.87. The van der Waals surface area contributed by atoms with E-state index in [1.165, 1.54) is 0 Å². The highest BCUT2D eigenvalue weighted by Gasteiger charge is 2.16. The number of benzene rings is 3. The molecule has 192 valence electrons. The summed E-state index contributed by atoms with van der Waals surface area (Å²) in [4.78, 5) is 32.1. The predicted octanol–water partition coefficient (Wildman–Crippen LogP) is 3.79. The molecule has 0 bridgehead atoms. The van der Waals surface area contributed by atoms with E-state index in [-0.39, 0.29) is 23.7 Å². The summed E-state index contributed by atoms with van der Waals surface area (Å²) in [6.45, 7) is 1.94. The van der Waals surface area contributed by atoms with Gasteiger partial charge in [0.1, 0.15) is 5.82 Å². The lowest BCUT2D eigenvalue weighted by atomic mass is 9.98. The van der Waals surface area contributed by atoms with E-state index in [4.69, 9.17) is 25.7 Å². The third kappa shape index (κ3) is 5.34. The Balaban J connectivity index is 1.73. The smallest absolute Gasteiger partial charge is 0.338 e. The van der Waals surface area contributed by atoms with Gasteiger partial charge in [0.15, 0.2) is 17.8 Å². The maximum atomic E-state index is 12.2. The molecule has 0 amide bonds. The second-order valence-electron chi connectivity index (χ2n) is 8.25. The monoisotopic (exact) mass is 510 g/mol. The molecule has 0 radical (unpaired) electrons. The van der Waals surface area contributed by atoms with E-state index in [2.05, 4.69) is 21.8 Å². The normalized spacial score (nSPS) is 10.4. The van der Waals surface area contributed by atoms with E-state index < -0.39 is 5.97 Å². The van der Waals surface area contributed by atoms with Gasteiger partial charge in [-0.05, 0) is 53.6 Å². The molecule has 4 rings (SSSR count). The second kappa shape index (κ2) is 11.3. The van der Waals surface area contributed by atoms with Crippen molar-refractivity contribution in [2.24, 2.45) is 0 Å². The van der Waals surface area contributed by atoms with Crippen molar-refractivity contribution in [3.05, 3.63) is 82.0 Å². The van der Waals surface area contributed by atoms with Crippen molar-refractivity contribution < 1.29 is 23.8 Å². The fourth-order valence-corrected chi connectivity index (χ4v) is 4.09. The minimum Gasteiger partial charge on any atom is -0.493 e. The molecule has 9 heteroatoms. The molecule has 0 aliphatic carbocycles. The summed E-state index contributed by atoms with van der Waals surface area (Å²) in [5, 5.41) is 1.41. The van der Waals surface area contributed by atoms with Gasteiger partial charge in [0.05, 0.1) is 32.0 Å². The highest BCUT2D eigenvalue weighted by Crippen LogP contribution is 2.33. The number of anilines is 2. The lowest BCUT2D eigenvalue weighted by Gasteiger charge is -2.13. The molecule has 0 fully saturated rings. The van der Waals surface area contributed by atoms with Crippen molar-refractivity contribution in [2.75, 3.05) is 32.3 Å². The molecule has 0 aliphatic rings. The minimum absolute atomic E-state index is 0.109. The second-order valence-corrected chi connectivity index (χ2v) is 8.25. The van der Waals surface area contributed by atoms with E-state index >= 15 is 0 Å². The average Bonchev–Trinajstić information content (AvgIpc) is 2.92. The predicted molar refractivity (Wildman–Crippen MR) is 144 cm³/mol. The van der Waals surface area contributed by atoms with E-state index in [0.717, 1.165) is 10.9 Å². The zero-order valence-corrected chi connectivity index (χ0v) is 21.2. The Kier molecular flexibility index (Phi) is 7.73. The first-order valence-electron chi connectivity index (χ1n) is 11.7. The number of carbonyl (C=O) groups is 2. The molecule has 0 aliphatic heterocycles. The Hall–Kier alpha value is -5.10. The summed E-state index contributed by atoms with van der Waals surface area (Å²) < 4.78 is 16.2. The number of aromatic nitrogens is 2. The molecule has 0 atom stereocenters. The number of esters is 1. The molecule has 38 heavy (non-hydrogen) atoms. The van der Waals surface area contributed by atoms with Gasteiger partial charge in [0, 0.05) is 29.3 Å². The van der Waals surface area contributed by atoms with Crippen molar-refractivity contribution in [1.82, 2.24) is 9.97 Å². The number of nitrogens with two attached hydrogens (primary N) is 2. The average molecular weight is 511 g/mol. The number of hydrogen-bond acceptors (Lipinski definition) is 9. The third-order valence-corrected chi connectivity index (χ3v) is 5.87. The van der Waals surface area contributed by atoms with Gasteiger partial charge >= 0.3 is 5.97 Å². The Labute approximate surface area is 219 Å². The van der Waals surface area contributed by atoms with Crippen molar-refractivity contribution in [3.8, 4) is 23.3 Å². The maximum Gasteiger partial charge on any atom is 0.338 e. The number of nitrogens with zero attached hydrogens (tertiary/aromatic N) is 2. The minimum atomic E-state index is -0.534. The summed E-state index contributed by atoms with van der Waals surface area (Å²) in [7, 11) is 3.10. The number of aldehydes is 1. The Morgan fingerprint density at radius 3 is 2.55 bits per heavy atom. The van der Waals surface area contributed by atoms with Crippen molar-refractivity contribution in [3.63, 3.8) is 0 Å². The topological polar surface area (TPSA) is 140 Å². The number of fused-ring (bicyclic) bond motifs is 1. The standard InChI is InChI=1S/C29H26N4O5/c1-4-38-28(35)23-10-8-19-11-17(6-9-22(19)24(23)16-34)5-7-20-12-18(14-25(36-2)26(20)37-3)13-21-15-32-29(31)33-27(21)30/h6,8-12,14-16H,4,13H2,1-3H3,(H4,30,31,32,33). The van der Waals surface area contributed by atoms with E-state index in [1.807, 2.05) is 18.2 Å². The molecule has 3 aromatic carbocycles. The number of ether oxygens (including phenoxy) is 3. The maximum absolute atomic E-state index is 12.2. The SMILES string of the molecule is CCOC(=O)c1ccc2cc(C#Cc3cc(Cc4cnc(N)nc4N)cc(OC)c3OC)ccc2c1C=O. The molecule has 4 N–H and O–H groups in total. The number of nitrogen functional groups attached to an aromatic ring is 2. The van der Waals surface area contributed by atoms with Crippen LogP contribution in [-0.2, 0) is 11.2 Å². The van der Waals surface area contributed by atoms with Gasteiger partial charge in [0.2, 0.25) is 5.95 Å². The van der Waals surface area contributed by atoms with Gasteiger partial charge in [-0.2, -0.15) is 4.98 Å². The first-order chi connectivity index (χ1) is 18.4. The van der Waals surface area contributed by atoms with Crippen LogP contribution in [0.15, 0.2) is 48.7 Å². The molecule has 4 aromatic rings. The van der Waals surface area contributed by atoms with Crippen LogP contribution in [0.2, 0.25) is 0 Å². The van der Waals surface area contributed by atoms with Gasteiger partial charge in [-0.25, -0.2) is 9.78 Å². The Bertz CT molecular complexity index is 1600. The number of rotatable bonds is 7. The van der Waals surface area contributed by atoms with Crippen LogP contribution in [0.3, 0.4) is 0 Å². The summed E-state index contributed by atoms with van der Waals surface area (Å²) in [6.07, 6.45) is 2.70. The van der Waals surface area contributed by atoms with Gasteiger partial charge in [-0.3, -0.25) is 4.79 Å². The number of hydrogen-bond donors (Lipinski definition) is 2. The van der Waals surface area contributed by atoms with Crippen LogP contribution < -0.4 is 20.9 Å². The highest BCUT2D eigenvalue weighted by atomic mass is 16.5. The first kappa shape index (κ1) is 26.0. The van der Waals surface area contributed by atoms with Gasteiger partial charge in [-0.15, -0.1) is 0 Å². The summed E-state index contributed by atoms with van der Waals surface area (Å²) in [5.41, 5.74) is 15.0. The molecule has 0 unspecified atom stereocenters. The largest absolute Gasteiger partial charge is 0.493 e. The summed E-state index contributed by atoms with van der Waals surface area (Å²) in [6, 6.07) is 12.5. The van der Waals surface area contributed by atoms with E-state index in [0.29, 0.717) is 52.1 Å². The summed E-state index contributed by atoms with van der Waals surface area (Å²) in [5.74, 6) is 7.21. The van der Waals surface area contributed by atoms with Crippen LogP contribution >= 0.6 is 0 Å². The van der Waals surface area contributed by atoms with E-state index in [9.17, 15) is 9.59 Å². The van der Waals surface area contributed by atoms with Crippen LogP contribution in [0.4, 0.5) is 11.8 Å². The van der Waals surface area contributed by atoms with Crippen LogP contribution in [-0.4, -0.2) is 43.0 Å². The van der Waals surface area contributed by atoms with Crippen molar-refractivity contribution in [1.29, 1.82) is 0 Å². The number of carbonyl (C=O) groups excluding carboxylic acids is 2. The van der Waals surface area contributed by atoms with E-state index in [1.54, 1.807) is 51.6 Å². The van der Waals surface area contributed by atoms with Crippen LogP contribution in [0.5, 0.6) is 11.5 Å². The van der Waals surface area contributed by atoms with Crippen molar-refractivity contribution >= 4 is 34.8 Å². The molecule has 9 nitrogen and oxygen atoms in total. The molecular formula is C29H26N4O5. The molecule has 0 spiro atoms. The fourth-order valence-electron chi connectivity index (χ4n) is 4.09. The van der Waals surface area contributed by atoms with Gasteiger partial charge in [0.25, 0.3) is 0 Å². The highest BCUT2D eigenvalue weighted by molar-refractivity contribution is 6.08. The molecule has 0 saturated heterocycles. The summed E-state index contributed by atoms with van der Waals surface area (Å²) >= 11 is 0. The first-order valence-corrected chi connectivity index (χ1v) is 11.7. The quantitative estimate of drug-likeness (QED) is 0.216.